The third kappa shape index (κ3) is 3.54. The summed E-state index contributed by atoms with van der Waals surface area (Å²) in [7, 11) is 0. The maximum Gasteiger partial charge on any atom is 0.335 e. The molecule has 5 nitrogen and oxygen atoms in total. The summed E-state index contributed by atoms with van der Waals surface area (Å²) < 4.78 is 0.617. The number of carboxylic acid groups (broad SMARTS) is 1. The summed E-state index contributed by atoms with van der Waals surface area (Å²) in [6, 6.07) is 4.70. The molecule has 0 bridgehead atoms. The lowest BCUT2D eigenvalue weighted by Crippen LogP contribution is -2.23. The van der Waals surface area contributed by atoms with E-state index in [-0.39, 0.29) is 23.4 Å². The maximum atomic E-state index is 12.0. The first-order valence-corrected chi connectivity index (χ1v) is 6.85. The summed E-state index contributed by atoms with van der Waals surface area (Å²) in [5.74, 6) is -1.20. The van der Waals surface area contributed by atoms with Crippen molar-refractivity contribution < 1.29 is 14.7 Å². The van der Waals surface area contributed by atoms with Gasteiger partial charge in [-0.2, -0.15) is 0 Å². The molecule has 0 radical (unpaired) electrons. The zero-order chi connectivity index (χ0) is 14.0. The molecule has 1 aliphatic rings. The molecule has 1 aliphatic carbocycles. The molecule has 0 saturated heterocycles. The molecule has 0 heterocycles. The third-order valence-electron chi connectivity index (χ3n) is 3.26. The Balaban J connectivity index is 2.10. The van der Waals surface area contributed by atoms with E-state index in [1.807, 2.05) is 0 Å². The highest BCUT2D eigenvalue weighted by atomic mass is 79.9. The van der Waals surface area contributed by atoms with Crippen LogP contribution in [0.1, 0.15) is 29.6 Å². The first-order valence-electron chi connectivity index (χ1n) is 6.06. The molecule has 1 amide bonds. The van der Waals surface area contributed by atoms with Gasteiger partial charge in [0.2, 0.25) is 5.91 Å². The highest BCUT2D eigenvalue weighted by Gasteiger charge is 2.27. The van der Waals surface area contributed by atoms with Gasteiger partial charge in [-0.25, -0.2) is 4.79 Å². The largest absolute Gasteiger partial charge is 0.478 e. The lowest BCUT2D eigenvalue weighted by molar-refractivity contribution is -0.119. The molecule has 0 aliphatic heterocycles. The van der Waals surface area contributed by atoms with Gasteiger partial charge in [0.1, 0.15) is 0 Å². The standard InChI is InChI=1S/C13H15BrN2O3/c14-9-3-8(13(18)19)5-11(6-9)16-12(17)7-1-2-10(15)4-7/h3,5-7,10H,1-2,4,15H2,(H,16,17)(H,18,19). The van der Waals surface area contributed by atoms with Gasteiger partial charge in [-0.05, 0) is 37.5 Å². The Bertz CT molecular complexity index is 519. The fourth-order valence-electron chi connectivity index (χ4n) is 2.28. The van der Waals surface area contributed by atoms with Gasteiger partial charge >= 0.3 is 5.97 Å². The van der Waals surface area contributed by atoms with Crippen LogP contribution in [0.2, 0.25) is 0 Å². The SMILES string of the molecule is NC1CCC(C(=O)Nc2cc(Br)cc(C(=O)O)c2)C1. The van der Waals surface area contributed by atoms with E-state index in [1.165, 1.54) is 12.1 Å². The second-order valence-corrected chi connectivity index (χ2v) is 5.71. The van der Waals surface area contributed by atoms with Crippen molar-refractivity contribution in [2.24, 2.45) is 11.7 Å². The first-order chi connectivity index (χ1) is 8.95. The molecule has 19 heavy (non-hydrogen) atoms. The van der Waals surface area contributed by atoms with Gasteiger partial charge in [0.25, 0.3) is 0 Å². The number of carbonyl (C=O) groups is 2. The normalized spacial score (nSPS) is 22.2. The Morgan fingerprint density at radius 3 is 2.63 bits per heavy atom. The molecule has 4 N–H and O–H groups in total. The number of amides is 1. The van der Waals surface area contributed by atoms with E-state index in [9.17, 15) is 9.59 Å². The van der Waals surface area contributed by atoms with Gasteiger partial charge in [0.05, 0.1) is 5.56 Å². The van der Waals surface area contributed by atoms with E-state index < -0.39 is 5.97 Å². The van der Waals surface area contributed by atoms with Crippen LogP contribution in [0.5, 0.6) is 0 Å². The highest BCUT2D eigenvalue weighted by molar-refractivity contribution is 9.10. The van der Waals surface area contributed by atoms with Crippen LogP contribution in [-0.2, 0) is 4.79 Å². The fourth-order valence-corrected chi connectivity index (χ4v) is 2.78. The molecule has 6 heteroatoms. The van der Waals surface area contributed by atoms with Gasteiger partial charge in [-0.3, -0.25) is 4.79 Å². The number of rotatable bonds is 3. The van der Waals surface area contributed by atoms with Gasteiger partial charge in [-0.1, -0.05) is 15.9 Å². The summed E-state index contributed by atoms with van der Waals surface area (Å²) in [6.07, 6.45) is 2.33. The molecule has 102 valence electrons. The van der Waals surface area contributed by atoms with Crippen molar-refractivity contribution in [2.75, 3.05) is 5.32 Å². The Morgan fingerprint density at radius 2 is 2.05 bits per heavy atom. The number of benzene rings is 1. The minimum atomic E-state index is -1.03. The van der Waals surface area contributed by atoms with E-state index in [1.54, 1.807) is 6.07 Å². The monoisotopic (exact) mass is 326 g/mol. The minimum Gasteiger partial charge on any atom is -0.478 e. The summed E-state index contributed by atoms with van der Waals surface area (Å²) in [4.78, 5) is 23.0. The van der Waals surface area contributed by atoms with Crippen LogP contribution in [0.25, 0.3) is 0 Å². The molecular weight excluding hydrogens is 312 g/mol. The lowest BCUT2D eigenvalue weighted by atomic mass is 10.1. The van der Waals surface area contributed by atoms with E-state index in [2.05, 4.69) is 21.2 Å². The van der Waals surface area contributed by atoms with Crippen LogP contribution in [0.15, 0.2) is 22.7 Å². The Hall–Kier alpha value is -1.40. The number of nitrogens with two attached hydrogens (primary N) is 1. The quantitative estimate of drug-likeness (QED) is 0.794. The molecular formula is C13H15BrN2O3. The summed E-state index contributed by atoms with van der Waals surface area (Å²) in [5.41, 5.74) is 6.39. The summed E-state index contributed by atoms with van der Waals surface area (Å²) in [5, 5.41) is 11.7. The van der Waals surface area contributed by atoms with Crippen molar-refractivity contribution in [1.82, 2.24) is 0 Å². The second kappa shape index (κ2) is 5.71. The van der Waals surface area contributed by atoms with Crippen LogP contribution < -0.4 is 11.1 Å². The van der Waals surface area contributed by atoms with E-state index in [4.69, 9.17) is 10.8 Å². The third-order valence-corrected chi connectivity index (χ3v) is 3.71. The number of anilines is 1. The molecule has 1 saturated carbocycles. The number of aromatic carboxylic acids is 1. The van der Waals surface area contributed by atoms with Gasteiger partial charge < -0.3 is 16.2 Å². The average molecular weight is 327 g/mol. The van der Waals surface area contributed by atoms with Crippen LogP contribution in [-0.4, -0.2) is 23.0 Å². The summed E-state index contributed by atoms with van der Waals surface area (Å²) in [6.45, 7) is 0. The smallest absolute Gasteiger partial charge is 0.335 e. The molecule has 0 spiro atoms. The summed E-state index contributed by atoms with van der Waals surface area (Å²) >= 11 is 3.23. The fraction of sp³-hybridized carbons (Fsp3) is 0.385. The van der Waals surface area contributed by atoms with Crippen molar-refractivity contribution in [3.63, 3.8) is 0 Å². The number of nitrogens with one attached hydrogen (secondary N) is 1. The number of hydrogen-bond acceptors (Lipinski definition) is 3. The van der Waals surface area contributed by atoms with Crippen molar-refractivity contribution in [3.8, 4) is 0 Å². The molecule has 1 aromatic rings. The van der Waals surface area contributed by atoms with Gasteiger partial charge in [0.15, 0.2) is 0 Å². The van der Waals surface area contributed by atoms with E-state index in [0.29, 0.717) is 16.6 Å². The average Bonchev–Trinajstić information content (AvgIpc) is 2.75. The van der Waals surface area contributed by atoms with Crippen molar-refractivity contribution in [1.29, 1.82) is 0 Å². The van der Waals surface area contributed by atoms with Crippen LogP contribution in [0, 0.1) is 5.92 Å². The van der Waals surface area contributed by atoms with Crippen LogP contribution in [0.4, 0.5) is 5.69 Å². The van der Waals surface area contributed by atoms with Gasteiger partial charge in [-0.15, -0.1) is 0 Å². The molecule has 0 aromatic heterocycles. The minimum absolute atomic E-state index is 0.0812. The molecule has 2 rings (SSSR count). The number of halogens is 1. The predicted octanol–water partition coefficient (Wildman–Crippen LogP) is 2.21. The zero-order valence-electron chi connectivity index (χ0n) is 10.2. The Kier molecular flexibility index (Phi) is 4.21. The topological polar surface area (TPSA) is 92.4 Å². The second-order valence-electron chi connectivity index (χ2n) is 4.79. The number of carbonyl (C=O) groups excluding carboxylic acids is 1. The molecule has 1 aromatic carbocycles. The predicted molar refractivity (Wildman–Crippen MR) is 75.0 cm³/mol. The van der Waals surface area contributed by atoms with Crippen LogP contribution in [0.3, 0.4) is 0 Å². The highest BCUT2D eigenvalue weighted by Crippen LogP contribution is 2.26. The lowest BCUT2D eigenvalue weighted by Gasteiger charge is -2.11. The maximum absolute atomic E-state index is 12.0. The Labute approximate surface area is 119 Å². The Morgan fingerprint density at radius 1 is 1.32 bits per heavy atom. The first kappa shape index (κ1) is 14.0. The number of carboxylic acids is 1. The molecule has 2 unspecified atom stereocenters. The van der Waals surface area contributed by atoms with E-state index >= 15 is 0 Å². The zero-order valence-corrected chi connectivity index (χ0v) is 11.8. The molecule has 1 fully saturated rings. The molecule has 2 atom stereocenters. The van der Waals surface area contributed by atoms with Crippen LogP contribution >= 0.6 is 15.9 Å². The van der Waals surface area contributed by atoms with Crippen molar-refractivity contribution in [3.05, 3.63) is 28.2 Å². The van der Waals surface area contributed by atoms with Gasteiger partial charge in [0, 0.05) is 22.1 Å². The van der Waals surface area contributed by atoms with Crippen molar-refractivity contribution >= 4 is 33.5 Å². The van der Waals surface area contributed by atoms with Crippen molar-refractivity contribution in [2.45, 2.75) is 25.3 Å². The number of hydrogen-bond donors (Lipinski definition) is 3. The van der Waals surface area contributed by atoms with E-state index in [0.717, 1.165) is 12.8 Å².